The Morgan fingerprint density at radius 2 is 2.04 bits per heavy atom. The SMILES string of the molecule is CC(NC1Cc2cccc(O)c2C1)C1CN(C(=O)OC(C)(C)C)C1. The van der Waals surface area contributed by atoms with Crippen LogP contribution in [0.5, 0.6) is 5.75 Å². The number of ether oxygens (including phenoxy) is 1. The molecule has 2 unspecified atom stereocenters. The number of fused-ring (bicyclic) bond motifs is 1. The van der Waals surface area contributed by atoms with E-state index in [-0.39, 0.29) is 6.09 Å². The molecule has 2 aliphatic rings. The normalized spacial score (nSPS) is 22.0. The highest BCUT2D eigenvalue weighted by Crippen LogP contribution is 2.31. The molecule has 0 bridgehead atoms. The van der Waals surface area contributed by atoms with Gasteiger partial charge in [0.05, 0.1) is 0 Å². The summed E-state index contributed by atoms with van der Waals surface area (Å²) in [4.78, 5) is 13.8. The van der Waals surface area contributed by atoms with E-state index in [4.69, 9.17) is 4.74 Å². The molecule has 1 aliphatic carbocycles. The van der Waals surface area contributed by atoms with Crippen LogP contribution in [-0.2, 0) is 17.6 Å². The number of amides is 1. The maximum atomic E-state index is 12.0. The van der Waals surface area contributed by atoms with Crippen molar-refractivity contribution in [1.29, 1.82) is 0 Å². The Balaban J connectivity index is 1.46. The Kier molecular flexibility index (Phi) is 4.47. The van der Waals surface area contributed by atoms with Crippen LogP contribution in [0.15, 0.2) is 18.2 Å². The van der Waals surface area contributed by atoms with E-state index in [1.807, 2.05) is 26.8 Å². The van der Waals surface area contributed by atoms with Crippen LogP contribution in [0.1, 0.15) is 38.8 Å². The van der Waals surface area contributed by atoms with Gasteiger partial charge in [-0.25, -0.2) is 4.79 Å². The van der Waals surface area contributed by atoms with Gasteiger partial charge in [-0.1, -0.05) is 12.1 Å². The second kappa shape index (κ2) is 6.28. The summed E-state index contributed by atoms with van der Waals surface area (Å²) in [6, 6.07) is 6.46. The third-order valence-corrected chi connectivity index (χ3v) is 4.93. The number of phenols is 1. The topological polar surface area (TPSA) is 61.8 Å². The van der Waals surface area contributed by atoms with Gasteiger partial charge in [0.1, 0.15) is 11.4 Å². The lowest BCUT2D eigenvalue weighted by atomic mass is 9.92. The first-order chi connectivity index (χ1) is 11.2. The Labute approximate surface area is 144 Å². The van der Waals surface area contributed by atoms with Gasteiger partial charge in [-0.05, 0) is 57.7 Å². The molecule has 0 radical (unpaired) electrons. The van der Waals surface area contributed by atoms with Gasteiger partial charge < -0.3 is 20.1 Å². The van der Waals surface area contributed by atoms with E-state index in [9.17, 15) is 9.90 Å². The number of carbonyl (C=O) groups excluding carboxylic acids is 1. The molecule has 5 heteroatoms. The standard InChI is InChI=1S/C19H28N2O3/c1-12(14-10-21(11-14)18(23)24-19(2,3)4)20-15-8-13-6-5-7-17(22)16(13)9-15/h5-7,12,14-15,20,22H,8-11H2,1-4H3. The van der Waals surface area contributed by atoms with Crippen LogP contribution in [0, 0.1) is 5.92 Å². The Morgan fingerprint density at radius 3 is 2.67 bits per heavy atom. The monoisotopic (exact) mass is 332 g/mol. The molecule has 1 saturated heterocycles. The second-order valence-electron chi connectivity index (χ2n) is 8.12. The van der Waals surface area contributed by atoms with Crippen molar-refractivity contribution in [2.24, 2.45) is 5.92 Å². The minimum Gasteiger partial charge on any atom is -0.508 e. The van der Waals surface area contributed by atoms with Crippen molar-refractivity contribution in [3.05, 3.63) is 29.3 Å². The Morgan fingerprint density at radius 1 is 1.33 bits per heavy atom. The van der Waals surface area contributed by atoms with Gasteiger partial charge in [0.25, 0.3) is 0 Å². The largest absolute Gasteiger partial charge is 0.508 e. The molecule has 0 saturated carbocycles. The number of rotatable bonds is 3. The van der Waals surface area contributed by atoms with Crippen molar-refractivity contribution in [2.45, 2.75) is 58.2 Å². The highest BCUT2D eigenvalue weighted by Gasteiger charge is 2.37. The Hall–Kier alpha value is -1.75. The van der Waals surface area contributed by atoms with Gasteiger partial charge >= 0.3 is 6.09 Å². The molecule has 132 valence electrons. The molecule has 1 aromatic rings. The Bertz CT molecular complexity index is 618. The number of nitrogens with one attached hydrogen (secondary N) is 1. The third-order valence-electron chi connectivity index (χ3n) is 4.93. The smallest absolute Gasteiger partial charge is 0.410 e. The van der Waals surface area contributed by atoms with Crippen LogP contribution in [0.2, 0.25) is 0 Å². The number of phenolic OH excluding ortho intramolecular Hbond substituents is 1. The summed E-state index contributed by atoms with van der Waals surface area (Å²) < 4.78 is 5.40. The summed E-state index contributed by atoms with van der Waals surface area (Å²) in [7, 11) is 0. The van der Waals surface area contributed by atoms with Gasteiger partial charge in [-0.3, -0.25) is 0 Å². The molecule has 0 aromatic heterocycles. The maximum Gasteiger partial charge on any atom is 0.410 e. The first-order valence-corrected chi connectivity index (χ1v) is 8.76. The number of benzene rings is 1. The lowest BCUT2D eigenvalue weighted by Crippen LogP contribution is -2.58. The zero-order valence-corrected chi connectivity index (χ0v) is 15.0. The molecule has 1 amide bonds. The summed E-state index contributed by atoms with van der Waals surface area (Å²) in [5.74, 6) is 0.860. The molecule has 3 rings (SSSR count). The van der Waals surface area contributed by atoms with Crippen molar-refractivity contribution < 1.29 is 14.6 Å². The van der Waals surface area contributed by atoms with Crippen LogP contribution in [0.3, 0.4) is 0 Å². The number of nitrogens with zero attached hydrogens (tertiary/aromatic N) is 1. The summed E-state index contributed by atoms with van der Waals surface area (Å²) >= 11 is 0. The van der Waals surface area contributed by atoms with Crippen LogP contribution in [0.25, 0.3) is 0 Å². The predicted molar refractivity (Wildman–Crippen MR) is 93.2 cm³/mol. The maximum absolute atomic E-state index is 12.0. The fourth-order valence-electron chi connectivity index (χ4n) is 3.56. The van der Waals surface area contributed by atoms with Gasteiger partial charge in [0.15, 0.2) is 0 Å². The summed E-state index contributed by atoms with van der Waals surface area (Å²) in [6.07, 6.45) is 1.61. The first kappa shape index (κ1) is 17.1. The van der Waals surface area contributed by atoms with Crippen molar-refractivity contribution in [3.8, 4) is 5.75 Å². The lowest BCUT2D eigenvalue weighted by Gasteiger charge is -2.43. The molecule has 1 heterocycles. The van der Waals surface area contributed by atoms with E-state index in [1.54, 1.807) is 11.0 Å². The average Bonchev–Trinajstić information content (AvgIpc) is 2.78. The van der Waals surface area contributed by atoms with Gasteiger partial charge in [-0.2, -0.15) is 0 Å². The van der Waals surface area contributed by atoms with Crippen molar-refractivity contribution in [2.75, 3.05) is 13.1 Å². The molecule has 1 aliphatic heterocycles. The fraction of sp³-hybridized carbons (Fsp3) is 0.632. The number of hydrogen-bond acceptors (Lipinski definition) is 4. The minimum absolute atomic E-state index is 0.218. The van der Waals surface area contributed by atoms with E-state index < -0.39 is 5.60 Å². The predicted octanol–water partition coefficient (Wildman–Crippen LogP) is 2.70. The minimum atomic E-state index is -0.441. The van der Waals surface area contributed by atoms with Crippen molar-refractivity contribution >= 4 is 6.09 Å². The van der Waals surface area contributed by atoms with Crippen LogP contribution in [-0.4, -0.2) is 46.9 Å². The molecular weight excluding hydrogens is 304 g/mol. The average molecular weight is 332 g/mol. The molecule has 2 atom stereocenters. The summed E-state index contributed by atoms with van der Waals surface area (Å²) in [6.45, 7) is 9.33. The number of likely N-dealkylation sites (tertiary alicyclic amines) is 1. The second-order valence-corrected chi connectivity index (χ2v) is 8.12. The molecule has 1 aromatic carbocycles. The van der Waals surface area contributed by atoms with Gasteiger partial charge in [-0.15, -0.1) is 0 Å². The molecule has 0 spiro atoms. The van der Waals surface area contributed by atoms with Gasteiger partial charge in [0.2, 0.25) is 0 Å². The number of aromatic hydroxyl groups is 1. The van der Waals surface area contributed by atoms with Crippen molar-refractivity contribution in [1.82, 2.24) is 10.2 Å². The number of hydrogen-bond donors (Lipinski definition) is 2. The van der Waals surface area contributed by atoms with E-state index in [2.05, 4.69) is 18.3 Å². The fourth-order valence-corrected chi connectivity index (χ4v) is 3.56. The zero-order valence-electron chi connectivity index (χ0n) is 15.0. The van der Waals surface area contributed by atoms with Gasteiger partial charge in [0, 0.05) is 31.1 Å². The summed E-state index contributed by atoms with van der Waals surface area (Å²) in [5.41, 5.74) is 1.87. The molecule has 5 nitrogen and oxygen atoms in total. The van der Waals surface area contributed by atoms with Crippen LogP contribution in [0.4, 0.5) is 4.79 Å². The zero-order chi connectivity index (χ0) is 17.5. The van der Waals surface area contributed by atoms with Crippen LogP contribution >= 0.6 is 0 Å². The quantitative estimate of drug-likeness (QED) is 0.893. The molecule has 2 N–H and O–H groups in total. The molecule has 1 fully saturated rings. The van der Waals surface area contributed by atoms with E-state index in [0.29, 0.717) is 23.8 Å². The summed E-state index contributed by atoms with van der Waals surface area (Å²) in [5, 5.41) is 13.6. The molecule has 24 heavy (non-hydrogen) atoms. The third kappa shape index (κ3) is 3.66. The highest BCUT2D eigenvalue weighted by atomic mass is 16.6. The first-order valence-electron chi connectivity index (χ1n) is 8.76. The highest BCUT2D eigenvalue weighted by molar-refractivity contribution is 5.69. The van der Waals surface area contributed by atoms with E-state index in [0.717, 1.165) is 31.5 Å². The van der Waals surface area contributed by atoms with Crippen molar-refractivity contribution in [3.63, 3.8) is 0 Å². The van der Waals surface area contributed by atoms with E-state index >= 15 is 0 Å². The van der Waals surface area contributed by atoms with E-state index in [1.165, 1.54) is 5.56 Å². The lowest BCUT2D eigenvalue weighted by molar-refractivity contribution is -0.00624. The van der Waals surface area contributed by atoms with Crippen LogP contribution < -0.4 is 5.32 Å². The number of carbonyl (C=O) groups is 1. The molecular formula is C19H28N2O3.